The molecule has 0 N–H and O–H groups in total. The Balaban J connectivity index is 2.23. The number of aryl methyl sites for hydroxylation is 1. The standard InChI is InChI=1S/C15H22N2O3/c1-11-8-9-13(16(11)2)15(19)17(10-14(18)20-3)12-6-4-5-7-12/h8-9,12H,4-7,10H2,1-3H3. The number of hydrogen-bond acceptors (Lipinski definition) is 3. The van der Waals surface area contributed by atoms with E-state index in [-0.39, 0.29) is 24.5 Å². The lowest BCUT2D eigenvalue weighted by Gasteiger charge is -2.28. The highest BCUT2D eigenvalue weighted by atomic mass is 16.5. The summed E-state index contributed by atoms with van der Waals surface area (Å²) in [6, 6.07) is 3.88. The van der Waals surface area contributed by atoms with Crippen molar-refractivity contribution in [3.63, 3.8) is 0 Å². The fourth-order valence-electron chi connectivity index (χ4n) is 2.76. The molecule has 1 aliphatic carbocycles. The number of esters is 1. The number of rotatable bonds is 4. The molecule has 1 aromatic rings. The molecule has 1 amide bonds. The molecule has 1 fully saturated rings. The molecule has 0 aromatic carbocycles. The second-order valence-corrected chi connectivity index (χ2v) is 5.37. The van der Waals surface area contributed by atoms with Gasteiger partial charge in [-0.05, 0) is 31.9 Å². The number of amides is 1. The van der Waals surface area contributed by atoms with Gasteiger partial charge in [-0.1, -0.05) is 12.8 Å². The number of carbonyl (C=O) groups is 2. The highest BCUT2D eigenvalue weighted by Gasteiger charge is 2.30. The predicted molar refractivity (Wildman–Crippen MR) is 75.5 cm³/mol. The van der Waals surface area contributed by atoms with E-state index in [0.29, 0.717) is 5.69 Å². The van der Waals surface area contributed by atoms with Gasteiger partial charge >= 0.3 is 5.97 Å². The summed E-state index contributed by atoms with van der Waals surface area (Å²) >= 11 is 0. The van der Waals surface area contributed by atoms with Crippen LogP contribution in [0.1, 0.15) is 41.9 Å². The molecule has 0 atom stereocenters. The van der Waals surface area contributed by atoms with E-state index in [1.54, 1.807) is 4.90 Å². The SMILES string of the molecule is COC(=O)CN(C(=O)c1ccc(C)n1C)C1CCCC1. The van der Waals surface area contributed by atoms with Crippen molar-refractivity contribution >= 4 is 11.9 Å². The molecule has 0 unspecified atom stereocenters. The Morgan fingerprint density at radius 3 is 2.50 bits per heavy atom. The van der Waals surface area contributed by atoms with Crippen molar-refractivity contribution in [1.29, 1.82) is 0 Å². The van der Waals surface area contributed by atoms with Crippen molar-refractivity contribution in [2.75, 3.05) is 13.7 Å². The summed E-state index contributed by atoms with van der Waals surface area (Å²) < 4.78 is 6.58. The third kappa shape index (κ3) is 2.86. The summed E-state index contributed by atoms with van der Waals surface area (Å²) in [5.41, 5.74) is 1.65. The van der Waals surface area contributed by atoms with E-state index in [9.17, 15) is 9.59 Å². The largest absolute Gasteiger partial charge is 0.468 e. The van der Waals surface area contributed by atoms with Crippen molar-refractivity contribution in [3.05, 3.63) is 23.5 Å². The van der Waals surface area contributed by atoms with Gasteiger partial charge in [0.1, 0.15) is 12.2 Å². The van der Waals surface area contributed by atoms with Gasteiger partial charge < -0.3 is 14.2 Å². The second-order valence-electron chi connectivity index (χ2n) is 5.37. The summed E-state index contributed by atoms with van der Waals surface area (Å²) in [6.07, 6.45) is 4.15. The van der Waals surface area contributed by atoms with E-state index in [2.05, 4.69) is 0 Å². The first kappa shape index (κ1) is 14.6. The molecule has 0 bridgehead atoms. The number of aromatic nitrogens is 1. The molecule has 0 radical (unpaired) electrons. The quantitative estimate of drug-likeness (QED) is 0.790. The molecular weight excluding hydrogens is 256 g/mol. The minimum absolute atomic E-state index is 0.0320. The van der Waals surface area contributed by atoms with E-state index >= 15 is 0 Å². The van der Waals surface area contributed by atoms with E-state index in [1.807, 2.05) is 30.7 Å². The van der Waals surface area contributed by atoms with Gasteiger partial charge in [0.2, 0.25) is 0 Å². The molecule has 110 valence electrons. The zero-order valence-corrected chi connectivity index (χ0v) is 12.4. The van der Waals surface area contributed by atoms with Gasteiger partial charge in [0.05, 0.1) is 7.11 Å². The van der Waals surface area contributed by atoms with Crippen LogP contribution in [0.3, 0.4) is 0 Å². The van der Waals surface area contributed by atoms with Crippen LogP contribution in [0.5, 0.6) is 0 Å². The average Bonchev–Trinajstić information content (AvgIpc) is 3.07. The first-order valence-electron chi connectivity index (χ1n) is 7.04. The van der Waals surface area contributed by atoms with Gasteiger partial charge in [-0.25, -0.2) is 0 Å². The minimum atomic E-state index is -0.365. The molecule has 0 aliphatic heterocycles. The summed E-state index contributed by atoms with van der Waals surface area (Å²) in [5.74, 6) is -0.450. The lowest BCUT2D eigenvalue weighted by atomic mass is 10.2. The molecule has 2 rings (SSSR count). The third-order valence-corrected chi connectivity index (χ3v) is 4.15. The molecule has 0 saturated heterocycles. The van der Waals surface area contributed by atoms with E-state index < -0.39 is 0 Å². The highest BCUT2D eigenvalue weighted by molar-refractivity contribution is 5.95. The van der Waals surface area contributed by atoms with E-state index in [4.69, 9.17) is 4.74 Å². The maximum Gasteiger partial charge on any atom is 0.325 e. The van der Waals surface area contributed by atoms with Crippen LogP contribution in [0.15, 0.2) is 12.1 Å². The van der Waals surface area contributed by atoms with Crippen LogP contribution in [0, 0.1) is 6.92 Å². The molecule has 0 spiro atoms. The Hall–Kier alpha value is -1.78. The maximum absolute atomic E-state index is 12.7. The number of carbonyl (C=O) groups excluding carboxylic acids is 2. The molecule has 5 heteroatoms. The number of hydrogen-bond donors (Lipinski definition) is 0. The molecular formula is C15H22N2O3. The van der Waals surface area contributed by atoms with Crippen molar-refractivity contribution in [3.8, 4) is 0 Å². The highest BCUT2D eigenvalue weighted by Crippen LogP contribution is 2.25. The Morgan fingerprint density at radius 1 is 1.35 bits per heavy atom. The summed E-state index contributed by atoms with van der Waals surface area (Å²) in [7, 11) is 3.22. The van der Waals surface area contributed by atoms with Crippen molar-refractivity contribution in [1.82, 2.24) is 9.47 Å². The first-order valence-corrected chi connectivity index (χ1v) is 7.04. The Labute approximate surface area is 119 Å². The molecule has 1 aliphatic rings. The lowest BCUT2D eigenvalue weighted by molar-refractivity contribution is -0.141. The van der Waals surface area contributed by atoms with E-state index in [1.165, 1.54) is 7.11 Å². The van der Waals surface area contributed by atoms with Gasteiger partial charge in [0, 0.05) is 18.8 Å². The van der Waals surface area contributed by atoms with Crippen molar-refractivity contribution in [2.24, 2.45) is 7.05 Å². The molecule has 20 heavy (non-hydrogen) atoms. The van der Waals surface area contributed by atoms with Gasteiger partial charge in [-0.15, -0.1) is 0 Å². The monoisotopic (exact) mass is 278 g/mol. The molecule has 1 heterocycles. The Bertz CT molecular complexity index is 501. The van der Waals surface area contributed by atoms with Crippen molar-refractivity contribution < 1.29 is 14.3 Å². The average molecular weight is 278 g/mol. The summed E-state index contributed by atoms with van der Waals surface area (Å²) in [5, 5.41) is 0. The molecule has 1 saturated carbocycles. The number of nitrogens with zero attached hydrogens (tertiary/aromatic N) is 2. The van der Waals surface area contributed by atoms with Crippen molar-refractivity contribution in [2.45, 2.75) is 38.6 Å². The summed E-state index contributed by atoms with van der Waals surface area (Å²) in [6.45, 7) is 1.99. The van der Waals surface area contributed by atoms with Crippen LogP contribution in [0.25, 0.3) is 0 Å². The van der Waals surface area contributed by atoms with Crippen LogP contribution in [-0.2, 0) is 16.6 Å². The third-order valence-electron chi connectivity index (χ3n) is 4.15. The second kappa shape index (κ2) is 6.11. The Kier molecular flexibility index (Phi) is 4.47. The van der Waals surface area contributed by atoms with Gasteiger partial charge in [0.25, 0.3) is 5.91 Å². The van der Waals surface area contributed by atoms with Crippen LogP contribution < -0.4 is 0 Å². The topological polar surface area (TPSA) is 51.5 Å². The van der Waals surface area contributed by atoms with Gasteiger partial charge in [-0.3, -0.25) is 9.59 Å². The number of methoxy groups -OCH3 is 1. The first-order chi connectivity index (χ1) is 9.54. The van der Waals surface area contributed by atoms with Crippen LogP contribution in [0.4, 0.5) is 0 Å². The van der Waals surface area contributed by atoms with E-state index in [0.717, 1.165) is 31.4 Å². The zero-order chi connectivity index (χ0) is 14.7. The smallest absolute Gasteiger partial charge is 0.325 e. The van der Waals surface area contributed by atoms with Gasteiger partial charge in [-0.2, -0.15) is 0 Å². The maximum atomic E-state index is 12.7. The Morgan fingerprint density at radius 2 is 2.00 bits per heavy atom. The lowest BCUT2D eigenvalue weighted by Crippen LogP contribution is -2.43. The minimum Gasteiger partial charge on any atom is -0.468 e. The van der Waals surface area contributed by atoms with Crippen LogP contribution >= 0.6 is 0 Å². The number of ether oxygens (including phenoxy) is 1. The summed E-state index contributed by atoms with van der Waals surface area (Å²) in [4.78, 5) is 26.0. The molecule has 1 aromatic heterocycles. The van der Waals surface area contributed by atoms with Crippen LogP contribution in [0.2, 0.25) is 0 Å². The van der Waals surface area contributed by atoms with Crippen LogP contribution in [-0.4, -0.2) is 41.0 Å². The fraction of sp³-hybridized carbons (Fsp3) is 0.600. The molecule has 5 nitrogen and oxygen atoms in total. The fourth-order valence-corrected chi connectivity index (χ4v) is 2.76. The van der Waals surface area contributed by atoms with Gasteiger partial charge in [0.15, 0.2) is 0 Å². The predicted octanol–water partition coefficient (Wildman–Crippen LogP) is 1.89. The zero-order valence-electron chi connectivity index (χ0n) is 12.4. The normalized spacial score (nSPS) is 15.3.